The number of aryl methyl sites for hydroxylation is 1. The molecule has 0 saturated carbocycles. The molecule has 0 spiro atoms. The monoisotopic (exact) mass is 457 g/mol. The zero-order valence-electron chi connectivity index (χ0n) is 16.4. The van der Waals surface area contributed by atoms with Gasteiger partial charge in [-0.3, -0.25) is 9.78 Å². The minimum Gasteiger partial charge on any atom is -0.453 e. The molecule has 0 radical (unpaired) electrons. The number of fused-ring (bicyclic) bond motifs is 1. The number of pyridine rings is 1. The van der Waals surface area contributed by atoms with Gasteiger partial charge in [0.15, 0.2) is 0 Å². The van der Waals surface area contributed by atoms with Crippen LogP contribution >= 0.6 is 23.2 Å². The van der Waals surface area contributed by atoms with E-state index in [0.29, 0.717) is 40.5 Å². The number of nitrogens with zero attached hydrogens (tertiary/aromatic N) is 2. The smallest absolute Gasteiger partial charge is 0.379 e. The Hall–Kier alpha value is -3.16. The molecule has 2 aromatic heterocycles. The summed E-state index contributed by atoms with van der Waals surface area (Å²) in [6.45, 7) is 1.75. The highest BCUT2D eigenvalue weighted by atomic mass is 35.5. The van der Waals surface area contributed by atoms with Crippen LogP contribution in [0.25, 0.3) is 0 Å². The largest absolute Gasteiger partial charge is 0.453 e. The van der Waals surface area contributed by atoms with E-state index in [4.69, 9.17) is 32.4 Å². The number of hydrogen-bond donors (Lipinski definition) is 1. The van der Waals surface area contributed by atoms with E-state index in [-0.39, 0.29) is 22.2 Å². The van der Waals surface area contributed by atoms with Gasteiger partial charge in [0, 0.05) is 28.8 Å². The average molecular weight is 458 g/mol. The molecule has 2 heterocycles. The van der Waals surface area contributed by atoms with Crippen LogP contribution in [0.5, 0.6) is 5.75 Å². The zero-order chi connectivity index (χ0) is 22.0. The second-order valence-electron chi connectivity index (χ2n) is 6.89. The number of furan rings is 1. The summed E-state index contributed by atoms with van der Waals surface area (Å²) in [5.41, 5.74) is 4.72. The van der Waals surface area contributed by atoms with Crippen molar-refractivity contribution in [1.82, 2.24) is 10.4 Å². The molecule has 31 heavy (non-hydrogen) atoms. The highest BCUT2D eigenvalue weighted by Crippen LogP contribution is 2.32. The second kappa shape index (κ2) is 8.91. The van der Waals surface area contributed by atoms with Gasteiger partial charge in [0.2, 0.25) is 5.76 Å². The quantitative estimate of drug-likeness (QED) is 0.338. The van der Waals surface area contributed by atoms with Crippen molar-refractivity contribution in [3.8, 4) is 5.75 Å². The van der Waals surface area contributed by atoms with Gasteiger partial charge in [-0.25, -0.2) is 10.2 Å². The third kappa shape index (κ3) is 4.47. The second-order valence-corrected chi connectivity index (χ2v) is 7.73. The minimum atomic E-state index is -0.673. The summed E-state index contributed by atoms with van der Waals surface area (Å²) in [6.07, 6.45) is 3.59. The Labute approximate surface area is 188 Å². The van der Waals surface area contributed by atoms with Gasteiger partial charge in [-0.15, -0.1) is 0 Å². The van der Waals surface area contributed by atoms with Crippen molar-refractivity contribution in [3.63, 3.8) is 0 Å². The van der Waals surface area contributed by atoms with Crippen LogP contribution in [-0.4, -0.2) is 22.6 Å². The molecule has 9 heteroatoms. The molecule has 1 aliphatic rings. The summed E-state index contributed by atoms with van der Waals surface area (Å²) < 4.78 is 11.2. The van der Waals surface area contributed by atoms with E-state index in [2.05, 4.69) is 15.5 Å². The Morgan fingerprint density at radius 1 is 1.19 bits per heavy atom. The van der Waals surface area contributed by atoms with Crippen molar-refractivity contribution < 1.29 is 18.7 Å². The number of esters is 1. The normalized spacial score (nSPS) is 14.2. The first-order valence-electron chi connectivity index (χ1n) is 9.52. The van der Waals surface area contributed by atoms with Gasteiger partial charge < -0.3 is 9.15 Å². The van der Waals surface area contributed by atoms with E-state index in [1.165, 1.54) is 18.3 Å². The minimum absolute atomic E-state index is 0.0710. The molecule has 158 valence electrons. The maximum Gasteiger partial charge on any atom is 0.379 e. The zero-order valence-corrected chi connectivity index (χ0v) is 18.0. The van der Waals surface area contributed by atoms with Crippen LogP contribution in [0.2, 0.25) is 10.0 Å². The van der Waals surface area contributed by atoms with Crippen LogP contribution in [0, 0.1) is 6.92 Å². The number of hydrazone groups is 1. The van der Waals surface area contributed by atoms with E-state index >= 15 is 0 Å². The SMILES string of the molecule is Cc1c(C(=O)Oc2ccc(Cl)cc2Cl)oc2c1/C(=N/NC(=O)c1ccccn1)CCC2. The number of halogens is 2. The van der Waals surface area contributed by atoms with Crippen LogP contribution in [0.1, 0.15) is 50.8 Å². The molecule has 0 fully saturated rings. The molecule has 7 nitrogen and oxygen atoms in total. The van der Waals surface area contributed by atoms with Gasteiger partial charge in [0.25, 0.3) is 5.91 Å². The number of nitrogens with one attached hydrogen (secondary N) is 1. The van der Waals surface area contributed by atoms with Gasteiger partial charge in [-0.2, -0.15) is 5.10 Å². The summed E-state index contributed by atoms with van der Waals surface area (Å²) in [4.78, 5) is 29.0. The Kier molecular flexibility index (Phi) is 6.06. The molecule has 0 unspecified atom stereocenters. The predicted molar refractivity (Wildman–Crippen MR) is 116 cm³/mol. The first-order valence-corrected chi connectivity index (χ1v) is 10.3. The van der Waals surface area contributed by atoms with Crippen molar-refractivity contribution in [3.05, 3.63) is 81.0 Å². The summed E-state index contributed by atoms with van der Waals surface area (Å²) in [7, 11) is 0. The van der Waals surface area contributed by atoms with Crippen LogP contribution < -0.4 is 10.2 Å². The third-order valence-electron chi connectivity index (χ3n) is 4.80. The van der Waals surface area contributed by atoms with Gasteiger partial charge in [0.1, 0.15) is 17.2 Å². The molecular formula is C22H17Cl2N3O4. The molecular weight excluding hydrogens is 441 g/mol. The third-order valence-corrected chi connectivity index (χ3v) is 5.33. The lowest BCUT2D eigenvalue weighted by atomic mass is 9.93. The molecule has 0 bridgehead atoms. The highest BCUT2D eigenvalue weighted by molar-refractivity contribution is 6.35. The van der Waals surface area contributed by atoms with Crippen molar-refractivity contribution in [2.45, 2.75) is 26.2 Å². The Balaban J connectivity index is 1.58. The Morgan fingerprint density at radius 3 is 2.77 bits per heavy atom. The standard InChI is InChI=1S/C22H17Cl2N3O4/c1-12-19-15(26-27-21(28)16-5-2-3-10-25-16)6-4-7-18(19)30-20(12)22(29)31-17-9-8-13(23)11-14(17)24/h2-3,5,8-11H,4,6-7H2,1H3,(H,27,28)/b26-15+. The topological polar surface area (TPSA) is 93.8 Å². The molecule has 0 saturated heterocycles. The molecule has 0 aliphatic heterocycles. The fourth-order valence-corrected chi connectivity index (χ4v) is 3.80. The number of rotatable bonds is 4. The van der Waals surface area contributed by atoms with Crippen LogP contribution in [0.3, 0.4) is 0 Å². The lowest BCUT2D eigenvalue weighted by molar-refractivity contribution is 0.0698. The fourth-order valence-electron chi connectivity index (χ4n) is 3.35. The van der Waals surface area contributed by atoms with Crippen molar-refractivity contribution in [2.24, 2.45) is 5.10 Å². The fraction of sp³-hybridized carbons (Fsp3) is 0.182. The summed E-state index contributed by atoms with van der Waals surface area (Å²) in [5.74, 6) is -0.210. The van der Waals surface area contributed by atoms with Gasteiger partial charge in [-0.05, 0) is 50.1 Å². The van der Waals surface area contributed by atoms with E-state index in [1.807, 2.05) is 0 Å². The number of aromatic nitrogens is 1. The van der Waals surface area contributed by atoms with E-state index < -0.39 is 11.9 Å². The van der Waals surface area contributed by atoms with Gasteiger partial charge in [0.05, 0.1) is 10.7 Å². The summed E-state index contributed by atoms with van der Waals surface area (Å²) in [5, 5.41) is 4.92. The molecule has 0 atom stereocenters. The first-order chi connectivity index (χ1) is 14.9. The van der Waals surface area contributed by atoms with Gasteiger partial charge in [-0.1, -0.05) is 29.3 Å². The van der Waals surface area contributed by atoms with Crippen LogP contribution in [-0.2, 0) is 6.42 Å². The summed E-state index contributed by atoms with van der Waals surface area (Å²) in [6, 6.07) is 9.62. The van der Waals surface area contributed by atoms with Crippen LogP contribution in [0.4, 0.5) is 0 Å². The molecule has 1 aliphatic carbocycles. The number of amides is 1. The van der Waals surface area contributed by atoms with Crippen molar-refractivity contribution in [1.29, 1.82) is 0 Å². The van der Waals surface area contributed by atoms with E-state index in [1.54, 1.807) is 31.2 Å². The number of hydrogen-bond acceptors (Lipinski definition) is 6. The maximum absolute atomic E-state index is 12.7. The van der Waals surface area contributed by atoms with Crippen LogP contribution in [0.15, 0.2) is 52.1 Å². The number of carbonyl (C=O) groups excluding carboxylic acids is 2. The molecule has 1 N–H and O–H groups in total. The molecule has 3 aromatic rings. The number of benzene rings is 1. The average Bonchev–Trinajstić information content (AvgIpc) is 3.12. The summed E-state index contributed by atoms with van der Waals surface area (Å²) >= 11 is 12.0. The number of ether oxygens (including phenoxy) is 1. The van der Waals surface area contributed by atoms with E-state index in [0.717, 1.165) is 6.42 Å². The first kappa shape index (κ1) is 21.1. The molecule has 1 amide bonds. The van der Waals surface area contributed by atoms with Crippen molar-refractivity contribution >= 4 is 40.8 Å². The number of carbonyl (C=O) groups is 2. The highest BCUT2D eigenvalue weighted by Gasteiger charge is 2.29. The molecule has 1 aromatic carbocycles. The lowest BCUT2D eigenvalue weighted by Crippen LogP contribution is -2.22. The Morgan fingerprint density at radius 2 is 2.03 bits per heavy atom. The lowest BCUT2D eigenvalue weighted by Gasteiger charge is -2.13. The maximum atomic E-state index is 12.7. The van der Waals surface area contributed by atoms with Crippen molar-refractivity contribution in [2.75, 3.05) is 0 Å². The van der Waals surface area contributed by atoms with Gasteiger partial charge >= 0.3 is 5.97 Å². The molecule has 4 rings (SSSR count). The Bertz CT molecular complexity index is 1190. The predicted octanol–water partition coefficient (Wildman–Crippen LogP) is 4.98. The van der Waals surface area contributed by atoms with E-state index in [9.17, 15) is 9.59 Å².